The van der Waals surface area contributed by atoms with E-state index < -0.39 is 11.8 Å². The van der Waals surface area contributed by atoms with Crippen LogP contribution in [0.15, 0.2) is 24.3 Å². The molecule has 1 aliphatic heterocycles. The number of amides is 2. The van der Waals surface area contributed by atoms with Crippen molar-refractivity contribution < 1.29 is 23.9 Å². The second-order valence-corrected chi connectivity index (χ2v) is 4.79. The molecule has 2 amide bonds. The number of likely N-dealkylation sites (tertiary alicyclic amines) is 1. The lowest BCUT2D eigenvalue weighted by atomic mass is 10.1. The average molecular weight is 291 g/mol. The van der Waals surface area contributed by atoms with Gasteiger partial charge in [0.05, 0.1) is 6.54 Å². The molecule has 1 N–H and O–H groups in total. The number of carboxylic acid groups (broad SMARTS) is 1. The molecule has 1 aromatic carbocycles. The van der Waals surface area contributed by atoms with Crippen molar-refractivity contribution in [2.24, 2.45) is 0 Å². The number of carboxylic acids is 1. The van der Waals surface area contributed by atoms with E-state index in [1.807, 2.05) is 0 Å². The van der Waals surface area contributed by atoms with Crippen molar-refractivity contribution >= 4 is 23.9 Å². The Morgan fingerprint density at radius 2 is 1.90 bits per heavy atom. The van der Waals surface area contributed by atoms with Gasteiger partial charge in [-0.2, -0.15) is 0 Å². The molecule has 1 saturated heterocycles. The third-order valence-electron chi connectivity index (χ3n) is 3.12. The molecule has 6 heteroatoms. The molecule has 0 radical (unpaired) electrons. The SMILES string of the molecule is O=C(O)C=Cc1cc(F)cc(CN2C(=O)CCCC2=O)c1. The van der Waals surface area contributed by atoms with Crippen LogP contribution in [0.25, 0.3) is 6.08 Å². The molecule has 0 bridgehead atoms. The first-order valence-corrected chi connectivity index (χ1v) is 6.49. The van der Waals surface area contributed by atoms with E-state index in [1.165, 1.54) is 18.2 Å². The van der Waals surface area contributed by atoms with Crippen LogP contribution in [0.4, 0.5) is 4.39 Å². The summed E-state index contributed by atoms with van der Waals surface area (Å²) in [6.45, 7) is 0.00331. The zero-order chi connectivity index (χ0) is 15.4. The third-order valence-corrected chi connectivity index (χ3v) is 3.12. The molecule has 0 atom stereocenters. The van der Waals surface area contributed by atoms with Crippen LogP contribution in [-0.2, 0) is 20.9 Å². The minimum atomic E-state index is -1.14. The van der Waals surface area contributed by atoms with E-state index in [1.54, 1.807) is 6.07 Å². The van der Waals surface area contributed by atoms with E-state index >= 15 is 0 Å². The van der Waals surface area contributed by atoms with Gasteiger partial charge in [-0.25, -0.2) is 9.18 Å². The van der Waals surface area contributed by atoms with Crippen LogP contribution in [0.1, 0.15) is 30.4 Å². The highest BCUT2D eigenvalue weighted by molar-refractivity contribution is 5.97. The van der Waals surface area contributed by atoms with Gasteiger partial charge in [-0.1, -0.05) is 0 Å². The van der Waals surface area contributed by atoms with E-state index in [9.17, 15) is 18.8 Å². The highest BCUT2D eigenvalue weighted by atomic mass is 19.1. The quantitative estimate of drug-likeness (QED) is 0.679. The smallest absolute Gasteiger partial charge is 0.328 e. The molecule has 21 heavy (non-hydrogen) atoms. The third kappa shape index (κ3) is 3.98. The predicted molar refractivity (Wildman–Crippen MR) is 72.5 cm³/mol. The van der Waals surface area contributed by atoms with Gasteiger partial charge in [0.15, 0.2) is 0 Å². The summed E-state index contributed by atoms with van der Waals surface area (Å²) in [4.78, 5) is 35.0. The summed E-state index contributed by atoms with van der Waals surface area (Å²) in [5, 5.41) is 8.57. The fraction of sp³-hybridized carbons (Fsp3) is 0.267. The largest absolute Gasteiger partial charge is 0.478 e. The van der Waals surface area contributed by atoms with Crippen molar-refractivity contribution in [2.75, 3.05) is 0 Å². The molecule has 2 rings (SSSR count). The number of piperidine rings is 1. The van der Waals surface area contributed by atoms with E-state index in [2.05, 4.69) is 0 Å². The molecule has 1 fully saturated rings. The van der Waals surface area contributed by atoms with Crippen molar-refractivity contribution in [3.8, 4) is 0 Å². The monoisotopic (exact) mass is 291 g/mol. The standard InChI is InChI=1S/C15H14FNO4/c16-12-7-10(4-5-15(20)21)6-11(8-12)9-17-13(18)2-1-3-14(17)19/h4-8H,1-3,9H2,(H,20,21). The molecule has 0 spiro atoms. The lowest BCUT2D eigenvalue weighted by Crippen LogP contribution is -2.39. The van der Waals surface area contributed by atoms with Crippen LogP contribution in [-0.4, -0.2) is 27.8 Å². The summed E-state index contributed by atoms with van der Waals surface area (Å²) in [7, 11) is 0. The molecule has 1 aromatic rings. The van der Waals surface area contributed by atoms with Crippen molar-refractivity contribution in [1.29, 1.82) is 0 Å². The minimum Gasteiger partial charge on any atom is -0.478 e. The Morgan fingerprint density at radius 1 is 1.24 bits per heavy atom. The fourth-order valence-electron chi connectivity index (χ4n) is 2.19. The minimum absolute atomic E-state index is 0.00331. The van der Waals surface area contributed by atoms with Crippen LogP contribution in [0.5, 0.6) is 0 Å². The number of hydrogen-bond donors (Lipinski definition) is 1. The van der Waals surface area contributed by atoms with Crippen LogP contribution in [0.3, 0.4) is 0 Å². The Balaban J connectivity index is 2.21. The molecule has 1 heterocycles. The zero-order valence-corrected chi connectivity index (χ0v) is 11.2. The molecule has 0 aromatic heterocycles. The van der Waals surface area contributed by atoms with Gasteiger partial charge in [0.25, 0.3) is 0 Å². The summed E-state index contributed by atoms with van der Waals surface area (Å²) in [6, 6.07) is 3.97. The summed E-state index contributed by atoms with van der Waals surface area (Å²) in [5.74, 6) is -2.21. The maximum Gasteiger partial charge on any atom is 0.328 e. The first-order valence-electron chi connectivity index (χ1n) is 6.49. The molecule has 5 nitrogen and oxygen atoms in total. The van der Waals surface area contributed by atoms with Gasteiger partial charge >= 0.3 is 5.97 Å². The molecule has 1 aliphatic rings. The lowest BCUT2D eigenvalue weighted by molar-refractivity contribution is -0.148. The Labute approximate surface area is 120 Å². The number of imide groups is 1. The van der Waals surface area contributed by atoms with Crippen molar-refractivity contribution in [2.45, 2.75) is 25.8 Å². The highest BCUT2D eigenvalue weighted by Gasteiger charge is 2.25. The van der Waals surface area contributed by atoms with Crippen molar-refractivity contribution in [1.82, 2.24) is 4.90 Å². The van der Waals surface area contributed by atoms with Crippen LogP contribution >= 0.6 is 0 Å². The summed E-state index contributed by atoms with van der Waals surface area (Å²) < 4.78 is 13.5. The summed E-state index contributed by atoms with van der Waals surface area (Å²) in [6.07, 6.45) is 3.33. The second kappa shape index (κ2) is 6.30. The number of carbonyl (C=O) groups excluding carboxylic acids is 2. The normalized spacial score (nSPS) is 15.8. The Kier molecular flexibility index (Phi) is 4.47. The fourth-order valence-corrected chi connectivity index (χ4v) is 2.19. The van der Waals surface area contributed by atoms with Gasteiger partial charge in [-0.15, -0.1) is 0 Å². The number of halogens is 1. The topological polar surface area (TPSA) is 74.7 Å². The first kappa shape index (κ1) is 14.9. The molecule has 0 saturated carbocycles. The zero-order valence-electron chi connectivity index (χ0n) is 11.2. The predicted octanol–water partition coefficient (Wildman–Crippen LogP) is 1.96. The van der Waals surface area contributed by atoms with Crippen LogP contribution in [0.2, 0.25) is 0 Å². The van der Waals surface area contributed by atoms with E-state index in [0.29, 0.717) is 30.4 Å². The van der Waals surface area contributed by atoms with Gasteiger partial charge < -0.3 is 5.11 Å². The number of rotatable bonds is 4. The van der Waals surface area contributed by atoms with Crippen molar-refractivity contribution in [3.05, 3.63) is 41.2 Å². The first-order chi connectivity index (χ1) is 9.95. The summed E-state index contributed by atoms with van der Waals surface area (Å²) in [5.41, 5.74) is 0.813. The highest BCUT2D eigenvalue weighted by Crippen LogP contribution is 2.18. The van der Waals surface area contributed by atoms with Gasteiger partial charge in [-0.3, -0.25) is 14.5 Å². The maximum atomic E-state index is 13.5. The summed E-state index contributed by atoms with van der Waals surface area (Å²) >= 11 is 0. The van der Waals surface area contributed by atoms with Gasteiger partial charge in [0.1, 0.15) is 5.82 Å². The molecular weight excluding hydrogens is 277 g/mol. The maximum absolute atomic E-state index is 13.5. The number of hydrogen-bond acceptors (Lipinski definition) is 3. The number of benzene rings is 1. The molecule has 110 valence electrons. The van der Waals surface area contributed by atoms with Crippen LogP contribution in [0, 0.1) is 5.82 Å². The number of carbonyl (C=O) groups is 3. The van der Waals surface area contributed by atoms with Crippen LogP contribution < -0.4 is 0 Å². The average Bonchev–Trinajstić information content (AvgIpc) is 2.40. The number of nitrogens with zero attached hydrogens (tertiary/aromatic N) is 1. The van der Waals surface area contributed by atoms with E-state index in [4.69, 9.17) is 5.11 Å². The Bertz CT molecular complexity index is 608. The Morgan fingerprint density at radius 3 is 2.52 bits per heavy atom. The van der Waals surface area contributed by atoms with Gasteiger partial charge in [0.2, 0.25) is 11.8 Å². The lowest BCUT2D eigenvalue weighted by Gasteiger charge is -2.25. The molecular formula is C15H14FNO4. The second-order valence-electron chi connectivity index (χ2n) is 4.79. The Hall–Kier alpha value is -2.50. The number of aliphatic carboxylic acids is 1. The van der Waals surface area contributed by atoms with Gasteiger partial charge in [0, 0.05) is 18.9 Å². The molecule has 0 aliphatic carbocycles. The van der Waals surface area contributed by atoms with Gasteiger partial charge in [-0.05, 0) is 41.8 Å². The van der Waals surface area contributed by atoms with E-state index in [0.717, 1.165) is 11.0 Å². The van der Waals surface area contributed by atoms with E-state index in [-0.39, 0.29) is 18.4 Å². The molecule has 0 unspecified atom stereocenters. The van der Waals surface area contributed by atoms with Crippen molar-refractivity contribution in [3.63, 3.8) is 0 Å².